The fourth-order valence-electron chi connectivity index (χ4n) is 2.35. The molecule has 0 saturated carbocycles. The molecular weight excluding hydrogens is 417 g/mol. The van der Waals surface area contributed by atoms with Crippen LogP contribution in [0.5, 0.6) is 11.5 Å². The van der Waals surface area contributed by atoms with Crippen molar-refractivity contribution in [1.82, 2.24) is 0 Å². The van der Waals surface area contributed by atoms with Crippen molar-refractivity contribution in [3.63, 3.8) is 0 Å². The lowest BCUT2D eigenvalue weighted by Gasteiger charge is -2.26. The van der Waals surface area contributed by atoms with Gasteiger partial charge in [-0.2, -0.15) is 0 Å². The summed E-state index contributed by atoms with van der Waals surface area (Å²) in [7, 11) is -1.44. The summed E-state index contributed by atoms with van der Waals surface area (Å²) in [6.45, 7) is -0.343. The van der Waals surface area contributed by atoms with E-state index in [0.29, 0.717) is 5.75 Å². The molecule has 0 fully saturated rings. The minimum Gasteiger partial charge on any atom is -0.497 e. The third-order valence-corrected chi connectivity index (χ3v) is 6.17. The summed E-state index contributed by atoms with van der Waals surface area (Å²) < 4.78 is 37.9. The van der Waals surface area contributed by atoms with Gasteiger partial charge in [0, 0.05) is 17.6 Å². The Morgan fingerprint density at radius 3 is 2.41 bits per heavy atom. The van der Waals surface area contributed by atoms with Gasteiger partial charge in [0.2, 0.25) is 0 Å². The number of benzene rings is 2. The zero-order chi connectivity index (χ0) is 20.2. The molecule has 0 spiro atoms. The fraction of sp³-hybridized carbons (Fsp3) is 0.235. The van der Waals surface area contributed by atoms with Crippen molar-refractivity contribution in [3.05, 3.63) is 46.4 Å². The number of anilines is 1. The van der Waals surface area contributed by atoms with E-state index in [4.69, 9.17) is 37.8 Å². The van der Waals surface area contributed by atoms with Crippen LogP contribution in [-0.4, -0.2) is 40.3 Å². The van der Waals surface area contributed by atoms with E-state index in [9.17, 15) is 13.2 Å². The van der Waals surface area contributed by atoms with Crippen LogP contribution in [0, 0.1) is 0 Å². The van der Waals surface area contributed by atoms with Gasteiger partial charge in [0.15, 0.2) is 0 Å². The topological polar surface area (TPSA) is 93.1 Å². The number of carboxylic acids is 1. The molecule has 1 N–H and O–H groups in total. The minimum absolute atomic E-state index is 0.0402. The molecule has 7 nitrogen and oxygen atoms in total. The molecule has 0 saturated heterocycles. The van der Waals surface area contributed by atoms with E-state index in [2.05, 4.69) is 0 Å². The average Bonchev–Trinajstić information content (AvgIpc) is 2.63. The molecule has 146 valence electrons. The predicted molar refractivity (Wildman–Crippen MR) is 103 cm³/mol. The third kappa shape index (κ3) is 4.77. The SMILES string of the molecule is COc1ccc(OC)c(N(CCC(=O)O)S(=O)(=O)c2cc(Cl)ccc2Cl)c1. The van der Waals surface area contributed by atoms with Crippen molar-refractivity contribution < 1.29 is 27.8 Å². The van der Waals surface area contributed by atoms with Crippen LogP contribution in [0.1, 0.15) is 6.42 Å². The highest BCUT2D eigenvalue weighted by atomic mass is 35.5. The van der Waals surface area contributed by atoms with Gasteiger partial charge in [-0.15, -0.1) is 0 Å². The van der Waals surface area contributed by atoms with Crippen molar-refractivity contribution in [1.29, 1.82) is 0 Å². The van der Waals surface area contributed by atoms with E-state index < -0.39 is 22.4 Å². The van der Waals surface area contributed by atoms with Crippen LogP contribution in [0.25, 0.3) is 0 Å². The Balaban J connectivity index is 2.68. The normalized spacial score (nSPS) is 11.1. The van der Waals surface area contributed by atoms with E-state index in [1.807, 2.05) is 0 Å². The first kappa shape index (κ1) is 21.1. The van der Waals surface area contributed by atoms with Gasteiger partial charge in [-0.3, -0.25) is 9.10 Å². The van der Waals surface area contributed by atoms with Gasteiger partial charge in [-0.05, 0) is 30.3 Å². The minimum atomic E-state index is -4.24. The molecule has 0 heterocycles. The van der Waals surface area contributed by atoms with E-state index in [1.165, 1.54) is 44.6 Å². The number of nitrogens with zero attached hydrogens (tertiary/aromatic N) is 1. The molecule has 0 aliphatic rings. The maximum atomic E-state index is 13.3. The van der Waals surface area contributed by atoms with Crippen LogP contribution in [-0.2, 0) is 14.8 Å². The Bertz CT molecular complexity index is 948. The fourth-order valence-corrected chi connectivity index (χ4v) is 4.56. The van der Waals surface area contributed by atoms with Gasteiger partial charge in [0.05, 0.1) is 31.4 Å². The largest absolute Gasteiger partial charge is 0.497 e. The van der Waals surface area contributed by atoms with Gasteiger partial charge in [-0.1, -0.05) is 23.2 Å². The highest BCUT2D eigenvalue weighted by molar-refractivity contribution is 7.93. The Labute approximate surface area is 167 Å². The Hall–Kier alpha value is -2.16. The number of hydrogen-bond acceptors (Lipinski definition) is 5. The number of carboxylic acid groups (broad SMARTS) is 1. The summed E-state index contributed by atoms with van der Waals surface area (Å²) in [4.78, 5) is 10.8. The molecule has 0 aliphatic heterocycles. The lowest BCUT2D eigenvalue weighted by atomic mass is 10.2. The van der Waals surface area contributed by atoms with E-state index in [0.717, 1.165) is 4.31 Å². The molecule has 10 heteroatoms. The van der Waals surface area contributed by atoms with Crippen LogP contribution in [0.2, 0.25) is 10.0 Å². The maximum Gasteiger partial charge on any atom is 0.305 e. The van der Waals surface area contributed by atoms with E-state index in [1.54, 1.807) is 6.07 Å². The van der Waals surface area contributed by atoms with E-state index >= 15 is 0 Å². The molecular formula is C17H17Cl2NO6S. The van der Waals surface area contributed by atoms with Crippen LogP contribution in [0.4, 0.5) is 5.69 Å². The molecule has 2 aromatic rings. The van der Waals surface area contributed by atoms with Crippen molar-refractivity contribution in [2.45, 2.75) is 11.3 Å². The average molecular weight is 434 g/mol. The van der Waals surface area contributed by atoms with Gasteiger partial charge in [-0.25, -0.2) is 8.42 Å². The first-order valence-corrected chi connectivity index (χ1v) is 9.82. The molecule has 0 bridgehead atoms. The first-order chi connectivity index (χ1) is 12.7. The number of sulfonamides is 1. The van der Waals surface area contributed by atoms with Crippen LogP contribution < -0.4 is 13.8 Å². The summed E-state index contributed by atoms with van der Waals surface area (Å²) in [5.74, 6) is -0.560. The molecule has 2 aromatic carbocycles. The second kappa shape index (κ2) is 8.69. The summed E-state index contributed by atoms with van der Waals surface area (Å²) in [5, 5.41) is 9.18. The Morgan fingerprint density at radius 1 is 1.11 bits per heavy atom. The highest BCUT2D eigenvalue weighted by Gasteiger charge is 2.30. The molecule has 0 aliphatic carbocycles. The third-order valence-electron chi connectivity index (χ3n) is 3.64. The molecule has 0 atom stereocenters. The number of hydrogen-bond donors (Lipinski definition) is 1. The highest BCUT2D eigenvalue weighted by Crippen LogP contribution is 2.37. The summed E-state index contributed by atoms with van der Waals surface area (Å²) in [6, 6.07) is 8.58. The molecule has 0 unspecified atom stereocenters. The maximum absolute atomic E-state index is 13.3. The number of rotatable bonds is 8. The van der Waals surface area contributed by atoms with E-state index in [-0.39, 0.29) is 32.9 Å². The summed E-state index contributed by atoms with van der Waals surface area (Å²) >= 11 is 12.0. The van der Waals surface area contributed by atoms with Crippen LogP contribution in [0.15, 0.2) is 41.3 Å². The monoisotopic (exact) mass is 433 g/mol. The van der Waals surface area contributed by atoms with Crippen molar-refractivity contribution in [2.24, 2.45) is 0 Å². The standard InChI is InChI=1S/C17H17Cl2NO6S/c1-25-12-4-6-15(26-2)14(10-12)20(8-7-17(21)22)27(23,24)16-9-11(18)3-5-13(16)19/h3-6,9-10H,7-8H2,1-2H3,(H,21,22). The number of ether oxygens (including phenoxy) is 2. The van der Waals surface area contributed by atoms with Crippen molar-refractivity contribution in [3.8, 4) is 11.5 Å². The summed E-state index contributed by atoms with van der Waals surface area (Å²) in [5.41, 5.74) is 0.120. The molecule has 0 radical (unpaired) electrons. The number of carbonyl (C=O) groups is 1. The van der Waals surface area contributed by atoms with Gasteiger partial charge in [0.25, 0.3) is 10.0 Å². The number of halogens is 2. The number of methoxy groups -OCH3 is 2. The van der Waals surface area contributed by atoms with Crippen LogP contribution >= 0.6 is 23.2 Å². The summed E-state index contributed by atoms with van der Waals surface area (Å²) in [6.07, 6.45) is -0.433. The van der Waals surface area contributed by atoms with Crippen molar-refractivity contribution in [2.75, 3.05) is 25.1 Å². The molecule has 2 rings (SSSR count). The quantitative estimate of drug-likeness (QED) is 0.682. The predicted octanol–water partition coefficient (Wildman–Crippen LogP) is 3.68. The lowest BCUT2D eigenvalue weighted by molar-refractivity contribution is -0.136. The van der Waals surface area contributed by atoms with Gasteiger partial charge < -0.3 is 14.6 Å². The van der Waals surface area contributed by atoms with Gasteiger partial charge in [0.1, 0.15) is 16.4 Å². The smallest absolute Gasteiger partial charge is 0.305 e. The second-order valence-corrected chi connectivity index (χ2v) is 8.01. The van der Waals surface area contributed by atoms with Crippen LogP contribution in [0.3, 0.4) is 0 Å². The lowest BCUT2D eigenvalue weighted by Crippen LogP contribution is -2.33. The second-order valence-electron chi connectivity index (χ2n) is 5.33. The number of aliphatic carboxylic acids is 1. The zero-order valence-electron chi connectivity index (χ0n) is 14.5. The molecule has 27 heavy (non-hydrogen) atoms. The Kier molecular flexibility index (Phi) is 6.80. The zero-order valence-corrected chi connectivity index (χ0v) is 16.8. The van der Waals surface area contributed by atoms with Crippen molar-refractivity contribution >= 4 is 44.9 Å². The molecule has 0 amide bonds. The van der Waals surface area contributed by atoms with Gasteiger partial charge >= 0.3 is 5.97 Å². The first-order valence-electron chi connectivity index (χ1n) is 7.62. The Morgan fingerprint density at radius 2 is 1.81 bits per heavy atom. The molecule has 0 aromatic heterocycles.